The number of nitrogens with zero attached hydrogens (tertiary/aromatic N) is 1. The molecule has 3 fully saturated rings. The Bertz CT molecular complexity index is 854. The monoisotopic (exact) mass is 382 g/mol. The van der Waals surface area contributed by atoms with E-state index in [2.05, 4.69) is 22.0 Å². The highest BCUT2D eigenvalue weighted by Crippen LogP contribution is 2.49. The van der Waals surface area contributed by atoms with E-state index >= 15 is 0 Å². The van der Waals surface area contributed by atoms with Crippen molar-refractivity contribution >= 4 is 17.7 Å². The van der Waals surface area contributed by atoms with Crippen LogP contribution < -0.4 is 16.0 Å². The molecule has 3 aliphatic heterocycles. The molecule has 3 heterocycles. The maximum atomic E-state index is 12.8. The summed E-state index contributed by atoms with van der Waals surface area (Å²) in [5.74, 6) is 0.0478. The minimum Gasteiger partial charge on any atom is -0.322 e. The maximum Gasteiger partial charge on any atom is 0.255 e. The number of imide groups is 1. The van der Waals surface area contributed by atoms with Crippen molar-refractivity contribution in [2.24, 2.45) is 5.92 Å². The molecule has 1 aliphatic carbocycles. The number of carbonyl (C=O) groups is 3. The van der Waals surface area contributed by atoms with Gasteiger partial charge in [0.1, 0.15) is 6.04 Å². The predicted octanol–water partition coefficient (Wildman–Crippen LogP) is 0.679. The van der Waals surface area contributed by atoms with Crippen LogP contribution in [0, 0.1) is 5.92 Å². The molecule has 3 atom stereocenters. The van der Waals surface area contributed by atoms with Gasteiger partial charge in [-0.25, -0.2) is 0 Å². The van der Waals surface area contributed by atoms with Gasteiger partial charge >= 0.3 is 0 Å². The summed E-state index contributed by atoms with van der Waals surface area (Å²) in [5, 5.41) is 9.60. The molecule has 148 valence electrons. The summed E-state index contributed by atoms with van der Waals surface area (Å²) in [4.78, 5) is 37.9. The Balaban J connectivity index is 1.27. The summed E-state index contributed by atoms with van der Waals surface area (Å²) in [6.45, 7) is 3.43. The van der Waals surface area contributed by atoms with Gasteiger partial charge in [0.2, 0.25) is 11.8 Å². The number of hydrogen-bond acceptors (Lipinski definition) is 5. The van der Waals surface area contributed by atoms with Crippen molar-refractivity contribution in [1.82, 2.24) is 20.9 Å². The molecule has 0 radical (unpaired) electrons. The molecule has 7 nitrogen and oxygen atoms in total. The van der Waals surface area contributed by atoms with Crippen molar-refractivity contribution < 1.29 is 14.4 Å². The number of rotatable bonds is 4. The van der Waals surface area contributed by atoms with Gasteiger partial charge in [0.15, 0.2) is 0 Å². The van der Waals surface area contributed by atoms with Crippen molar-refractivity contribution in [2.45, 2.75) is 56.8 Å². The van der Waals surface area contributed by atoms with Crippen molar-refractivity contribution in [3.8, 4) is 0 Å². The van der Waals surface area contributed by atoms with Gasteiger partial charge in [-0.15, -0.1) is 0 Å². The number of amides is 3. The first-order chi connectivity index (χ1) is 13.6. The first-order valence-corrected chi connectivity index (χ1v) is 10.3. The Labute approximate surface area is 164 Å². The lowest BCUT2D eigenvalue weighted by Crippen LogP contribution is -2.52. The fraction of sp³-hybridized carbons (Fsp3) is 0.571. The third kappa shape index (κ3) is 3.02. The number of carbonyl (C=O) groups excluding carboxylic acids is 3. The molecule has 28 heavy (non-hydrogen) atoms. The van der Waals surface area contributed by atoms with E-state index in [4.69, 9.17) is 0 Å². The molecule has 7 heteroatoms. The van der Waals surface area contributed by atoms with Crippen LogP contribution in [0.2, 0.25) is 0 Å². The molecule has 4 aliphatic rings. The van der Waals surface area contributed by atoms with Crippen LogP contribution in [0.5, 0.6) is 0 Å². The van der Waals surface area contributed by atoms with E-state index in [0.29, 0.717) is 18.5 Å². The zero-order valence-corrected chi connectivity index (χ0v) is 15.9. The van der Waals surface area contributed by atoms with Gasteiger partial charge in [-0.3, -0.25) is 19.7 Å². The smallest absolute Gasteiger partial charge is 0.255 e. The van der Waals surface area contributed by atoms with Gasteiger partial charge in [0, 0.05) is 30.6 Å². The van der Waals surface area contributed by atoms with Crippen LogP contribution in [0.25, 0.3) is 0 Å². The molecule has 0 aromatic heterocycles. The van der Waals surface area contributed by atoms with Crippen LogP contribution >= 0.6 is 0 Å². The Morgan fingerprint density at radius 2 is 2.07 bits per heavy atom. The molecular formula is C21H26N4O3. The zero-order chi connectivity index (χ0) is 19.3. The summed E-state index contributed by atoms with van der Waals surface area (Å²) in [6.07, 6.45) is 4.36. The van der Waals surface area contributed by atoms with Crippen molar-refractivity contribution in [1.29, 1.82) is 0 Å². The van der Waals surface area contributed by atoms with Crippen molar-refractivity contribution in [3.05, 3.63) is 34.9 Å². The van der Waals surface area contributed by atoms with Crippen LogP contribution in [0.3, 0.4) is 0 Å². The first kappa shape index (κ1) is 17.8. The van der Waals surface area contributed by atoms with Gasteiger partial charge < -0.3 is 15.5 Å². The van der Waals surface area contributed by atoms with Gasteiger partial charge in [0.05, 0.1) is 0 Å². The lowest BCUT2D eigenvalue weighted by molar-refractivity contribution is -0.136. The second-order valence-corrected chi connectivity index (χ2v) is 8.59. The largest absolute Gasteiger partial charge is 0.322 e. The van der Waals surface area contributed by atoms with Crippen LogP contribution in [-0.4, -0.2) is 47.3 Å². The quantitative estimate of drug-likeness (QED) is 0.667. The molecule has 5 rings (SSSR count). The molecule has 2 saturated heterocycles. The SMILES string of the molecule is O=C1CCC(N2Cc3cc(CNC45CCNCCC4C5)ccc3C2=O)C(=O)N1. The van der Waals surface area contributed by atoms with E-state index in [-0.39, 0.29) is 29.7 Å². The van der Waals surface area contributed by atoms with Gasteiger partial charge in [-0.05, 0) is 61.9 Å². The third-order valence-corrected chi connectivity index (χ3v) is 6.88. The van der Waals surface area contributed by atoms with Crippen LogP contribution in [0.15, 0.2) is 18.2 Å². The van der Waals surface area contributed by atoms with Crippen LogP contribution in [0.1, 0.15) is 53.6 Å². The summed E-state index contributed by atoms with van der Waals surface area (Å²) in [7, 11) is 0. The summed E-state index contributed by atoms with van der Waals surface area (Å²) in [5.41, 5.74) is 3.11. The Hall–Kier alpha value is -2.25. The van der Waals surface area contributed by atoms with E-state index in [1.54, 1.807) is 4.90 Å². The molecule has 0 spiro atoms. The van der Waals surface area contributed by atoms with Crippen LogP contribution in [-0.2, 0) is 22.7 Å². The van der Waals surface area contributed by atoms with E-state index in [1.165, 1.54) is 24.8 Å². The number of hydrogen-bond donors (Lipinski definition) is 3. The molecule has 3 amide bonds. The molecule has 1 saturated carbocycles. The molecule has 1 aromatic rings. The minimum absolute atomic E-state index is 0.111. The minimum atomic E-state index is -0.552. The van der Waals surface area contributed by atoms with E-state index in [1.807, 2.05) is 12.1 Å². The average Bonchev–Trinajstić information content (AvgIpc) is 3.31. The number of fused-ring (bicyclic) bond motifs is 2. The lowest BCUT2D eigenvalue weighted by atomic mass is 10.0. The molecule has 1 aromatic carbocycles. The second-order valence-electron chi connectivity index (χ2n) is 8.59. The van der Waals surface area contributed by atoms with E-state index in [0.717, 1.165) is 31.1 Å². The predicted molar refractivity (Wildman–Crippen MR) is 102 cm³/mol. The Kier molecular flexibility index (Phi) is 4.25. The second kappa shape index (κ2) is 6.67. The molecule has 0 bridgehead atoms. The molecular weight excluding hydrogens is 356 g/mol. The lowest BCUT2D eigenvalue weighted by Gasteiger charge is -2.29. The maximum absolute atomic E-state index is 12.8. The molecule has 3 unspecified atom stereocenters. The van der Waals surface area contributed by atoms with E-state index < -0.39 is 6.04 Å². The van der Waals surface area contributed by atoms with Crippen molar-refractivity contribution in [2.75, 3.05) is 13.1 Å². The highest BCUT2D eigenvalue weighted by Gasteiger charge is 2.53. The molecule has 3 N–H and O–H groups in total. The summed E-state index contributed by atoms with van der Waals surface area (Å²) in [6, 6.07) is 5.44. The van der Waals surface area contributed by atoms with E-state index in [9.17, 15) is 14.4 Å². The highest BCUT2D eigenvalue weighted by molar-refractivity contribution is 6.05. The third-order valence-electron chi connectivity index (χ3n) is 6.88. The standard InChI is InChI=1S/C21H26N4O3/c26-18-4-3-17(19(27)24-18)25-12-14-9-13(1-2-16(14)20(25)28)11-23-21-6-8-22-7-5-15(21)10-21/h1-2,9,15,17,22-23H,3-8,10-12H2,(H,24,26,27). The number of nitrogens with one attached hydrogen (secondary N) is 3. The Morgan fingerprint density at radius 1 is 1.18 bits per heavy atom. The van der Waals surface area contributed by atoms with Crippen LogP contribution in [0.4, 0.5) is 0 Å². The fourth-order valence-electron chi connectivity index (χ4n) is 5.10. The fourth-order valence-corrected chi connectivity index (χ4v) is 5.10. The zero-order valence-electron chi connectivity index (χ0n) is 15.9. The Morgan fingerprint density at radius 3 is 2.93 bits per heavy atom. The summed E-state index contributed by atoms with van der Waals surface area (Å²) >= 11 is 0. The summed E-state index contributed by atoms with van der Waals surface area (Å²) < 4.78 is 0. The van der Waals surface area contributed by atoms with Gasteiger partial charge in [0.25, 0.3) is 5.91 Å². The van der Waals surface area contributed by atoms with Gasteiger partial charge in [-0.2, -0.15) is 0 Å². The number of piperidine rings is 1. The first-order valence-electron chi connectivity index (χ1n) is 10.3. The number of benzene rings is 1. The topological polar surface area (TPSA) is 90.5 Å². The van der Waals surface area contributed by atoms with Gasteiger partial charge in [-0.1, -0.05) is 12.1 Å². The normalized spacial score (nSPS) is 31.9. The van der Waals surface area contributed by atoms with Crippen molar-refractivity contribution in [3.63, 3.8) is 0 Å². The highest BCUT2D eigenvalue weighted by atomic mass is 16.2. The average molecular weight is 382 g/mol.